The van der Waals surface area contributed by atoms with Crippen molar-refractivity contribution in [3.05, 3.63) is 30.7 Å². The lowest BCUT2D eigenvalue weighted by atomic mass is 10.3. The first-order valence-electron chi connectivity index (χ1n) is 3.44. The summed E-state index contributed by atoms with van der Waals surface area (Å²) in [6.45, 7) is 0. The summed E-state index contributed by atoms with van der Waals surface area (Å²) in [7, 11) is 0. The minimum absolute atomic E-state index is 0.00583. The first kappa shape index (κ1) is 6.84. The highest BCUT2D eigenvalue weighted by Gasteiger charge is 2.06. The Bertz CT molecular complexity index is 369. The molecule has 0 bridgehead atoms. The van der Waals surface area contributed by atoms with Gasteiger partial charge in [-0.2, -0.15) is 0 Å². The molecular weight excluding hydrogens is 154 g/mol. The Labute approximate surface area is 68.9 Å². The number of nitrogens with zero attached hydrogens (tertiary/aromatic N) is 2. The highest BCUT2D eigenvalue weighted by molar-refractivity contribution is 5.58. The Morgan fingerprint density at radius 1 is 1.42 bits per heavy atom. The number of H-pyrrole nitrogens is 1. The van der Waals surface area contributed by atoms with Crippen LogP contribution in [-0.2, 0) is 0 Å². The van der Waals surface area contributed by atoms with Gasteiger partial charge >= 0.3 is 0 Å². The lowest BCUT2D eigenvalue weighted by Gasteiger charge is -1.93. The van der Waals surface area contributed by atoms with E-state index in [-0.39, 0.29) is 5.88 Å². The molecule has 4 heteroatoms. The van der Waals surface area contributed by atoms with Crippen molar-refractivity contribution in [3.8, 4) is 17.3 Å². The number of hydrogen-bond donors (Lipinski definition) is 2. The fourth-order valence-electron chi connectivity index (χ4n) is 0.930. The van der Waals surface area contributed by atoms with E-state index in [4.69, 9.17) is 0 Å². The third-order valence-corrected chi connectivity index (χ3v) is 1.47. The number of aromatic hydroxyl groups is 1. The number of hydrogen-bond acceptors (Lipinski definition) is 3. The van der Waals surface area contributed by atoms with Crippen LogP contribution in [-0.4, -0.2) is 20.1 Å². The molecule has 0 saturated heterocycles. The molecule has 12 heavy (non-hydrogen) atoms. The van der Waals surface area contributed by atoms with E-state index in [1.165, 1.54) is 0 Å². The van der Waals surface area contributed by atoms with E-state index in [0.717, 1.165) is 0 Å². The van der Waals surface area contributed by atoms with Gasteiger partial charge in [0.2, 0.25) is 5.88 Å². The minimum atomic E-state index is -0.00583. The van der Waals surface area contributed by atoms with Crippen molar-refractivity contribution >= 4 is 0 Å². The van der Waals surface area contributed by atoms with Gasteiger partial charge in [-0.05, 0) is 12.1 Å². The highest BCUT2D eigenvalue weighted by atomic mass is 16.3. The van der Waals surface area contributed by atoms with Crippen LogP contribution in [0, 0.1) is 6.33 Å². The second-order valence-electron chi connectivity index (χ2n) is 2.26. The van der Waals surface area contributed by atoms with E-state index in [2.05, 4.69) is 21.3 Å². The van der Waals surface area contributed by atoms with Gasteiger partial charge < -0.3 is 10.1 Å². The molecule has 2 aromatic rings. The van der Waals surface area contributed by atoms with E-state index < -0.39 is 0 Å². The minimum Gasteiger partial charge on any atom is -0.493 e. The second-order valence-corrected chi connectivity index (χ2v) is 2.26. The molecule has 0 amide bonds. The fraction of sp³-hybridized carbons (Fsp3) is 0. The monoisotopic (exact) mass is 160 g/mol. The number of nitrogens with one attached hydrogen (secondary N) is 1. The van der Waals surface area contributed by atoms with Gasteiger partial charge in [-0.25, -0.2) is 4.98 Å². The zero-order valence-electron chi connectivity index (χ0n) is 6.15. The van der Waals surface area contributed by atoms with Gasteiger partial charge in [-0.1, -0.05) is 6.07 Å². The smallest absolute Gasteiger partial charge is 0.219 e. The van der Waals surface area contributed by atoms with Crippen molar-refractivity contribution in [2.75, 3.05) is 0 Å². The quantitative estimate of drug-likeness (QED) is 0.653. The summed E-state index contributed by atoms with van der Waals surface area (Å²) in [5.41, 5.74) is 1.06. The lowest BCUT2D eigenvalue weighted by molar-refractivity contribution is 0.458. The zero-order valence-corrected chi connectivity index (χ0v) is 6.15. The maximum Gasteiger partial charge on any atom is 0.219 e. The average Bonchev–Trinajstić information content (AvgIpc) is 2.53. The first-order chi connectivity index (χ1) is 5.88. The lowest BCUT2D eigenvalue weighted by Crippen LogP contribution is -1.81. The van der Waals surface area contributed by atoms with Crippen LogP contribution in [0.1, 0.15) is 0 Å². The molecule has 4 nitrogen and oxygen atoms in total. The predicted molar refractivity (Wildman–Crippen MR) is 42.3 cm³/mol. The molecule has 0 spiro atoms. The Morgan fingerprint density at radius 3 is 2.92 bits per heavy atom. The molecule has 2 rings (SSSR count). The van der Waals surface area contributed by atoms with Crippen molar-refractivity contribution in [3.63, 3.8) is 0 Å². The zero-order chi connectivity index (χ0) is 8.39. The Hall–Kier alpha value is -1.84. The van der Waals surface area contributed by atoms with Crippen molar-refractivity contribution in [1.82, 2.24) is 15.0 Å². The van der Waals surface area contributed by atoms with Gasteiger partial charge in [0, 0.05) is 6.20 Å². The van der Waals surface area contributed by atoms with Crippen LogP contribution in [0.3, 0.4) is 0 Å². The Morgan fingerprint density at radius 2 is 2.33 bits per heavy atom. The summed E-state index contributed by atoms with van der Waals surface area (Å²) in [5.74, 6) is -0.00583. The standard InChI is InChI=1S/C8H6N3O/c12-8-7(10-5-11-8)6-3-1-2-4-9-6/h1-4,12H,(H,10,11). The molecule has 0 unspecified atom stereocenters. The Balaban J connectivity index is 2.51. The summed E-state index contributed by atoms with van der Waals surface area (Å²) in [6.07, 6.45) is 4.07. The van der Waals surface area contributed by atoms with Crippen LogP contribution in [0.25, 0.3) is 11.4 Å². The normalized spacial score (nSPS) is 10.0. The molecule has 59 valence electrons. The van der Waals surface area contributed by atoms with Gasteiger partial charge in [0.15, 0.2) is 12.0 Å². The molecule has 0 saturated carbocycles. The fourth-order valence-corrected chi connectivity index (χ4v) is 0.930. The summed E-state index contributed by atoms with van der Waals surface area (Å²) < 4.78 is 0. The second kappa shape index (κ2) is 2.65. The number of aromatic amines is 1. The van der Waals surface area contributed by atoms with Crippen LogP contribution in [0.15, 0.2) is 24.4 Å². The first-order valence-corrected chi connectivity index (χ1v) is 3.44. The molecular formula is C8H6N3O. The van der Waals surface area contributed by atoms with Gasteiger partial charge in [-0.3, -0.25) is 4.98 Å². The maximum absolute atomic E-state index is 9.21. The largest absolute Gasteiger partial charge is 0.493 e. The van der Waals surface area contributed by atoms with Crippen molar-refractivity contribution in [2.45, 2.75) is 0 Å². The average molecular weight is 160 g/mol. The van der Waals surface area contributed by atoms with E-state index in [0.29, 0.717) is 11.4 Å². The molecule has 0 aliphatic heterocycles. The topological polar surface area (TPSA) is 61.8 Å². The van der Waals surface area contributed by atoms with Gasteiger partial charge in [0.1, 0.15) is 0 Å². The molecule has 2 heterocycles. The molecule has 2 N–H and O–H groups in total. The molecule has 1 radical (unpaired) electrons. The van der Waals surface area contributed by atoms with Gasteiger partial charge in [0.05, 0.1) is 5.69 Å². The number of imidazole rings is 1. The third kappa shape index (κ3) is 1.03. The molecule has 0 aliphatic rings. The number of pyridine rings is 1. The molecule has 0 aliphatic carbocycles. The van der Waals surface area contributed by atoms with E-state index in [1.54, 1.807) is 18.3 Å². The molecule has 0 aromatic carbocycles. The maximum atomic E-state index is 9.21. The summed E-state index contributed by atoms with van der Waals surface area (Å²) in [5, 5.41) is 9.21. The molecule has 0 atom stereocenters. The van der Waals surface area contributed by atoms with E-state index >= 15 is 0 Å². The Kier molecular flexibility index (Phi) is 1.51. The van der Waals surface area contributed by atoms with Crippen LogP contribution in [0.4, 0.5) is 0 Å². The SMILES string of the molecule is Oc1[nH][c]nc1-c1ccccn1. The summed E-state index contributed by atoms with van der Waals surface area (Å²) in [6, 6.07) is 5.40. The summed E-state index contributed by atoms with van der Waals surface area (Å²) in [4.78, 5) is 10.3. The van der Waals surface area contributed by atoms with Crippen molar-refractivity contribution < 1.29 is 5.11 Å². The van der Waals surface area contributed by atoms with Gasteiger partial charge in [0.25, 0.3) is 0 Å². The molecule has 2 aromatic heterocycles. The predicted octanol–water partition coefficient (Wildman–Crippen LogP) is 0.977. The van der Waals surface area contributed by atoms with Crippen LogP contribution in [0.5, 0.6) is 5.88 Å². The molecule has 0 fully saturated rings. The highest BCUT2D eigenvalue weighted by Crippen LogP contribution is 2.21. The third-order valence-electron chi connectivity index (χ3n) is 1.47. The summed E-state index contributed by atoms with van der Waals surface area (Å²) >= 11 is 0. The van der Waals surface area contributed by atoms with Gasteiger partial charge in [-0.15, -0.1) is 0 Å². The van der Waals surface area contributed by atoms with Crippen molar-refractivity contribution in [1.29, 1.82) is 0 Å². The van der Waals surface area contributed by atoms with Crippen LogP contribution >= 0.6 is 0 Å². The van der Waals surface area contributed by atoms with E-state index in [1.807, 2.05) is 6.07 Å². The van der Waals surface area contributed by atoms with Crippen molar-refractivity contribution in [2.24, 2.45) is 0 Å². The number of rotatable bonds is 1. The van der Waals surface area contributed by atoms with Crippen LogP contribution < -0.4 is 0 Å². The van der Waals surface area contributed by atoms with Crippen LogP contribution in [0.2, 0.25) is 0 Å². The van der Waals surface area contributed by atoms with E-state index in [9.17, 15) is 5.11 Å². The number of aromatic nitrogens is 3.